The normalized spacial score (nSPS) is 11.4. The summed E-state index contributed by atoms with van der Waals surface area (Å²) in [5, 5.41) is 0. The fraction of sp³-hybridized carbons (Fsp3) is 0.846. The van der Waals surface area contributed by atoms with Gasteiger partial charge in [0, 0.05) is 12.7 Å². The van der Waals surface area contributed by atoms with E-state index in [9.17, 15) is 0 Å². The van der Waals surface area contributed by atoms with Gasteiger partial charge in [0.2, 0.25) is 0 Å². The van der Waals surface area contributed by atoms with Crippen LogP contribution in [-0.4, -0.2) is 24.4 Å². The average molecular weight is 293 g/mol. The molecule has 0 fully saturated rings. The summed E-state index contributed by atoms with van der Waals surface area (Å²) in [6.07, 6.45) is 5.62. The van der Waals surface area contributed by atoms with Crippen LogP contribution in [0.4, 0.5) is 0 Å². The maximum Gasteiger partial charge on any atom is 0.289 e. The lowest BCUT2D eigenvalue weighted by atomic mass is 10.2. The van der Waals surface area contributed by atoms with Gasteiger partial charge in [-0.2, -0.15) is 0 Å². The van der Waals surface area contributed by atoms with E-state index in [0.29, 0.717) is 13.2 Å². The Hall–Kier alpha value is 0.110. The van der Waals surface area contributed by atoms with E-state index in [1.165, 1.54) is 18.4 Å². The SMILES string of the molecule is CCCCCN(C=C(C)C)P(=S)(OCC)OCC. The summed E-state index contributed by atoms with van der Waals surface area (Å²) in [5.74, 6) is 0. The fourth-order valence-corrected chi connectivity index (χ4v) is 4.39. The van der Waals surface area contributed by atoms with E-state index in [1.54, 1.807) is 0 Å². The van der Waals surface area contributed by atoms with Crippen molar-refractivity contribution in [3.05, 3.63) is 11.8 Å². The summed E-state index contributed by atoms with van der Waals surface area (Å²) < 4.78 is 13.6. The first-order valence-electron chi connectivity index (χ1n) is 6.81. The predicted octanol–water partition coefficient (Wildman–Crippen LogP) is 4.70. The van der Waals surface area contributed by atoms with E-state index in [0.717, 1.165) is 13.0 Å². The Kier molecular flexibility index (Phi) is 10.0. The van der Waals surface area contributed by atoms with E-state index in [-0.39, 0.29) is 0 Å². The minimum Gasteiger partial charge on any atom is -0.314 e. The highest BCUT2D eigenvalue weighted by atomic mass is 32.5. The summed E-state index contributed by atoms with van der Waals surface area (Å²) in [6.45, 7) is 10.0. The minimum absolute atomic E-state index is 0.595. The molecule has 0 aliphatic rings. The Labute approximate surface area is 118 Å². The Bertz CT molecular complexity index is 281. The van der Waals surface area contributed by atoms with Crippen molar-refractivity contribution in [2.75, 3.05) is 19.8 Å². The molecule has 18 heavy (non-hydrogen) atoms. The van der Waals surface area contributed by atoms with Crippen LogP contribution in [0.15, 0.2) is 11.8 Å². The smallest absolute Gasteiger partial charge is 0.289 e. The minimum atomic E-state index is -2.33. The predicted molar refractivity (Wildman–Crippen MR) is 83.2 cm³/mol. The molecule has 0 saturated carbocycles. The van der Waals surface area contributed by atoms with E-state index < -0.39 is 6.64 Å². The molecule has 0 aromatic carbocycles. The van der Waals surface area contributed by atoms with Gasteiger partial charge in [-0.1, -0.05) is 25.3 Å². The maximum atomic E-state index is 5.75. The van der Waals surface area contributed by atoms with Crippen LogP contribution in [0.25, 0.3) is 0 Å². The Balaban J connectivity index is 4.86. The molecule has 3 nitrogen and oxygen atoms in total. The van der Waals surface area contributed by atoms with Gasteiger partial charge >= 0.3 is 0 Å². The van der Waals surface area contributed by atoms with Crippen LogP contribution in [0.3, 0.4) is 0 Å². The highest BCUT2D eigenvalue weighted by Gasteiger charge is 2.25. The summed E-state index contributed by atoms with van der Waals surface area (Å²) in [7, 11) is 0. The molecular weight excluding hydrogens is 265 g/mol. The summed E-state index contributed by atoms with van der Waals surface area (Å²) in [5.41, 5.74) is 1.22. The van der Waals surface area contributed by atoms with E-state index in [2.05, 4.69) is 31.6 Å². The van der Waals surface area contributed by atoms with Crippen molar-refractivity contribution >= 4 is 18.4 Å². The number of allylic oxidation sites excluding steroid dienone is 1. The largest absolute Gasteiger partial charge is 0.314 e. The highest BCUT2D eigenvalue weighted by Crippen LogP contribution is 2.52. The third-order valence-corrected chi connectivity index (χ3v) is 5.67. The third-order valence-electron chi connectivity index (χ3n) is 2.30. The van der Waals surface area contributed by atoms with Crippen LogP contribution in [-0.2, 0) is 20.9 Å². The second-order valence-corrected chi connectivity index (χ2v) is 7.73. The second kappa shape index (κ2) is 9.96. The van der Waals surface area contributed by atoms with Crippen molar-refractivity contribution in [2.24, 2.45) is 0 Å². The first kappa shape index (κ1) is 18.1. The third kappa shape index (κ3) is 6.89. The summed E-state index contributed by atoms with van der Waals surface area (Å²) >= 11 is 5.64. The van der Waals surface area contributed by atoms with Gasteiger partial charge in [0.25, 0.3) is 6.64 Å². The Morgan fingerprint density at radius 1 is 1.11 bits per heavy atom. The van der Waals surface area contributed by atoms with Gasteiger partial charge in [0.1, 0.15) is 0 Å². The molecule has 0 aliphatic heterocycles. The molecule has 5 heteroatoms. The van der Waals surface area contributed by atoms with Gasteiger partial charge in [0.05, 0.1) is 13.2 Å². The maximum absolute atomic E-state index is 5.75. The number of hydrogen-bond donors (Lipinski definition) is 0. The highest BCUT2D eigenvalue weighted by molar-refractivity contribution is 8.08. The van der Waals surface area contributed by atoms with Crippen LogP contribution in [0.2, 0.25) is 0 Å². The zero-order valence-corrected chi connectivity index (χ0v) is 14.2. The van der Waals surface area contributed by atoms with Gasteiger partial charge in [-0.3, -0.25) is 0 Å². The standard InChI is InChI=1S/C13H28NO2PS/c1-6-9-10-11-14(12-13(4)5)17(18,15-7-2)16-8-3/h12H,6-11H2,1-5H3. The van der Waals surface area contributed by atoms with E-state index in [1.807, 2.05) is 13.8 Å². The molecule has 0 bridgehead atoms. The van der Waals surface area contributed by atoms with Crippen LogP contribution in [0.5, 0.6) is 0 Å². The molecule has 0 N–H and O–H groups in total. The number of rotatable bonds is 10. The van der Waals surface area contributed by atoms with Gasteiger partial charge < -0.3 is 13.7 Å². The van der Waals surface area contributed by atoms with Gasteiger partial charge in [-0.05, 0) is 45.9 Å². The van der Waals surface area contributed by atoms with Crippen molar-refractivity contribution in [2.45, 2.75) is 53.9 Å². The average Bonchev–Trinajstić information content (AvgIpc) is 2.28. The molecule has 0 unspecified atom stereocenters. The topological polar surface area (TPSA) is 21.7 Å². The van der Waals surface area contributed by atoms with Crippen molar-refractivity contribution in [3.63, 3.8) is 0 Å². The molecule has 108 valence electrons. The molecule has 0 radical (unpaired) electrons. The molecule has 0 rings (SSSR count). The zero-order chi connectivity index (χ0) is 14.0. The number of hydrogen-bond acceptors (Lipinski definition) is 3. The lowest BCUT2D eigenvalue weighted by Crippen LogP contribution is -2.19. The monoisotopic (exact) mass is 293 g/mol. The van der Waals surface area contributed by atoms with Crippen LogP contribution >= 0.6 is 6.64 Å². The van der Waals surface area contributed by atoms with Crippen LogP contribution < -0.4 is 0 Å². The molecule has 0 aliphatic carbocycles. The zero-order valence-electron chi connectivity index (χ0n) is 12.4. The van der Waals surface area contributed by atoms with Crippen molar-refractivity contribution in [1.29, 1.82) is 0 Å². The molecule has 0 atom stereocenters. The quantitative estimate of drug-likeness (QED) is 0.430. The fourth-order valence-electron chi connectivity index (χ4n) is 1.59. The first-order chi connectivity index (χ1) is 8.50. The van der Waals surface area contributed by atoms with Crippen LogP contribution in [0.1, 0.15) is 53.9 Å². The molecular formula is C13H28NO2PS. The Morgan fingerprint density at radius 3 is 2.06 bits per heavy atom. The molecule has 0 amide bonds. The van der Waals surface area contributed by atoms with E-state index >= 15 is 0 Å². The van der Waals surface area contributed by atoms with Crippen molar-refractivity contribution in [1.82, 2.24) is 4.67 Å². The Morgan fingerprint density at radius 2 is 1.67 bits per heavy atom. The first-order valence-corrected chi connectivity index (χ1v) is 9.40. The van der Waals surface area contributed by atoms with E-state index in [4.69, 9.17) is 20.9 Å². The molecule has 0 saturated heterocycles. The van der Waals surface area contributed by atoms with Gasteiger partial charge in [-0.25, -0.2) is 0 Å². The van der Waals surface area contributed by atoms with Gasteiger partial charge in [0.15, 0.2) is 0 Å². The van der Waals surface area contributed by atoms with Gasteiger partial charge in [-0.15, -0.1) is 0 Å². The van der Waals surface area contributed by atoms with Crippen molar-refractivity contribution in [3.8, 4) is 0 Å². The summed E-state index contributed by atoms with van der Waals surface area (Å²) in [6, 6.07) is 0. The number of unbranched alkanes of at least 4 members (excludes halogenated alkanes) is 2. The number of nitrogens with zero attached hydrogens (tertiary/aromatic N) is 1. The van der Waals surface area contributed by atoms with Crippen LogP contribution in [0, 0.1) is 0 Å². The molecule has 0 heterocycles. The molecule has 0 aromatic heterocycles. The summed E-state index contributed by atoms with van der Waals surface area (Å²) in [4.78, 5) is 0. The lowest BCUT2D eigenvalue weighted by molar-refractivity contribution is 0.230. The molecule has 0 aromatic rings. The lowest BCUT2D eigenvalue weighted by Gasteiger charge is -2.32. The van der Waals surface area contributed by atoms with Crippen molar-refractivity contribution < 1.29 is 9.05 Å². The molecule has 0 spiro atoms. The second-order valence-electron chi connectivity index (χ2n) is 4.38.